The summed E-state index contributed by atoms with van der Waals surface area (Å²) in [5.41, 5.74) is 0.673. The van der Waals surface area contributed by atoms with Crippen molar-refractivity contribution >= 4 is 11.9 Å². The van der Waals surface area contributed by atoms with Crippen molar-refractivity contribution in [1.29, 1.82) is 0 Å². The first-order valence-electron chi connectivity index (χ1n) is 16.4. The molecule has 1 aromatic carbocycles. The van der Waals surface area contributed by atoms with E-state index in [0.29, 0.717) is 51.1 Å². The molecule has 6 rings (SSSR count). The molecule has 238 valence electrons. The third-order valence-corrected chi connectivity index (χ3v) is 11.2. The SMILES string of the molecule is CCC1C2CC3(CC2N1CC[C@H](NC(=O)C1CCC(F)(F)CC1)c1ccccc1)CN(CC1(CC)COCOC1)C(=O)N3. The van der Waals surface area contributed by atoms with E-state index in [9.17, 15) is 18.4 Å². The Labute approximate surface area is 254 Å². The fourth-order valence-corrected chi connectivity index (χ4v) is 8.69. The Bertz CT molecular complexity index is 1140. The first kappa shape index (κ1) is 30.7. The molecular formula is C33H48F2N4O4. The molecule has 2 N–H and O–H groups in total. The average molecular weight is 603 g/mol. The lowest BCUT2D eigenvalue weighted by atomic mass is 9.80. The standard InChI is InChI=1S/C33H48F2N4O4/c1-3-27-25-16-32(19-38(30(41)37-32)18-31(4-2)20-42-22-43-21-31)17-28(25)39(27)15-12-26(23-8-6-5-7-9-23)36-29(40)24-10-13-33(34,35)14-11-24/h5-9,24-28H,3-4,10-22H2,1-2H3,(H,36,40)(H,37,41)/t25?,26-,27?,28?,32?/m0/s1. The van der Waals surface area contributed by atoms with E-state index in [1.807, 2.05) is 35.2 Å². The lowest BCUT2D eigenvalue weighted by Crippen LogP contribution is -2.61. The topological polar surface area (TPSA) is 83.1 Å². The van der Waals surface area contributed by atoms with Crippen molar-refractivity contribution < 1.29 is 27.8 Å². The molecule has 8 nitrogen and oxygen atoms in total. The van der Waals surface area contributed by atoms with Crippen molar-refractivity contribution in [3.05, 3.63) is 35.9 Å². The Morgan fingerprint density at radius 3 is 2.51 bits per heavy atom. The predicted molar refractivity (Wildman–Crippen MR) is 158 cm³/mol. The molecule has 1 spiro atoms. The number of benzene rings is 1. The second-order valence-corrected chi connectivity index (χ2v) is 14.0. The summed E-state index contributed by atoms with van der Waals surface area (Å²) >= 11 is 0. The van der Waals surface area contributed by atoms with Crippen LogP contribution >= 0.6 is 0 Å². The summed E-state index contributed by atoms with van der Waals surface area (Å²) in [6, 6.07) is 10.7. The normalized spacial score (nSPS) is 32.7. The number of alkyl halides is 2. The van der Waals surface area contributed by atoms with E-state index in [4.69, 9.17) is 9.47 Å². The van der Waals surface area contributed by atoms with Crippen LogP contribution in [0, 0.1) is 17.3 Å². The maximum Gasteiger partial charge on any atom is 0.317 e. The molecule has 3 heterocycles. The van der Waals surface area contributed by atoms with E-state index in [1.54, 1.807) is 0 Å². The largest absolute Gasteiger partial charge is 0.355 e. The fourth-order valence-electron chi connectivity index (χ4n) is 8.69. The van der Waals surface area contributed by atoms with Crippen molar-refractivity contribution in [2.75, 3.05) is 39.6 Å². The van der Waals surface area contributed by atoms with Gasteiger partial charge in [-0.15, -0.1) is 0 Å². The van der Waals surface area contributed by atoms with Crippen LogP contribution in [-0.4, -0.2) is 84.9 Å². The first-order valence-corrected chi connectivity index (χ1v) is 16.4. The molecule has 0 bridgehead atoms. The van der Waals surface area contributed by atoms with Crippen molar-refractivity contribution in [1.82, 2.24) is 20.4 Å². The lowest BCUT2D eigenvalue weighted by Gasteiger charge is -2.53. The molecule has 5 fully saturated rings. The Hall–Kier alpha value is -2.30. The number of nitrogens with zero attached hydrogens (tertiary/aromatic N) is 2. The minimum absolute atomic E-state index is 0.0200. The van der Waals surface area contributed by atoms with Crippen molar-refractivity contribution in [2.24, 2.45) is 17.3 Å². The summed E-state index contributed by atoms with van der Waals surface area (Å²) in [5.74, 6) is -2.57. The van der Waals surface area contributed by atoms with Crippen LogP contribution in [0.4, 0.5) is 13.6 Å². The summed E-state index contributed by atoms with van der Waals surface area (Å²) in [6.45, 7) is 8.13. The third kappa shape index (κ3) is 6.29. The van der Waals surface area contributed by atoms with Gasteiger partial charge in [-0.05, 0) is 56.4 Å². The second kappa shape index (κ2) is 12.2. The zero-order valence-electron chi connectivity index (χ0n) is 25.7. The highest BCUT2D eigenvalue weighted by Gasteiger charge is 2.61. The van der Waals surface area contributed by atoms with E-state index < -0.39 is 5.92 Å². The van der Waals surface area contributed by atoms with Crippen molar-refractivity contribution in [3.8, 4) is 0 Å². The average Bonchev–Trinajstić information content (AvgIpc) is 3.48. The number of nitrogens with one attached hydrogen (secondary N) is 2. The molecule has 5 aliphatic rings. The van der Waals surface area contributed by atoms with Gasteiger partial charge in [-0.2, -0.15) is 0 Å². The number of halogens is 2. The molecule has 2 aliphatic carbocycles. The highest BCUT2D eigenvalue weighted by atomic mass is 19.3. The Morgan fingerprint density at radius 1 is 1.12 bits per heavy atom. The molecule has 3 saturated heterocycles. The number of carbonyl (C=O) groups is 2. The van der Waals surface area contributed by atoms with Crippen LogP contribution in [0.25, 0.3) is 0 Å². The van der Waals surface area contributed by atoms with E-state index in [2.05, 4.69) is 29.4 Å². The van der Waals surface area contributed by atoms with Crippen LogP contribution < -0.4 is 10.6 Å². The van der Waals surface area contributed by atoms with Crippen LogP contribution in [0.15, 0.2) is 30.3 Å². The van der Waals surface area contributed by atoms with E-state index in [-0.39, 0.29) is 60.5 Å². The predicted octanol–water partition coefficient (Wildman–Crippen LogP) is 5.10. The molecule has 0 radical (unpaired) electrons. The van der Waals surface area contributed by atoms with Crippen molar-refractivity contribution in [3.63, 3.8) is 0 Å². The summed E-state index contributed by atoms with van der Waals surface area (Å²) in [6.07, 6.45) is 4.65. The summed E-state index contributed by atoms with van der Waals surface area (Å²) < 4.78 is 38.7. The van der Waals surface area contributed by atoms with Gasteiger partial charge in [0.05, 0.1) is 24.8 Å². The Morgan fingerprint density at radius 2 is 1.84 bits per heavy atom. The van der Waals surface area contributed by atoms with Crippen LogP contribution in [0.1, 0.15) is 83.2 Å². The van der Waals surface area contributed by atoms with Gasteiger partial charge in [0.15, 0.2) is 0 Å². The minimum atomic E-state index is -2.65. The smallest absolute Gasteiger partial charge is 0.317 e. The van der Waals surface area contributed by atoms with Gasteiger partial charge in [0, 0.05) is 55.9 Å². The number of carbonyl (C=O) groups excluding carboxylic acids is 2. The van der Waals surface area contributed by atoms with Crippen LogP contribution in [0.3, 0.4) is 0 Å². The zero-order chi connectivity index (χ0) is 30.2. The highest BCUT2D eigenvalue weighted by Crippen LogP contribution is 2.51. The second-order valence-electron chi connectivity index (χ2n) is 14.0. The molecule has 4 unspecified atom stereocenters. The molecule has 10 heteroatoms. The molecule has 3 aliphatic heterocycles. The van der Waals surface area contributed by atoms with Crippen LogP contribution in [0.5, 0.6) is 0 Å². The first-order chi connectivity index (χ1) is 20.7. The maximum absolute atomic E-state index is 13.7. The van der Waals surface area contributed by atoms with E-state index in [1.165, 1.54) is 0 Å². The number of fused-ring (bicyclic) bond motifs is 1. The molecule has 3 amide bonds. The molecule has 5 atom stereocenters. The number of ether oxygens (including phenoxy) is 2. The number of hydrogen-bond acceptors (Lipinski definition) is 5. The van der Waals surface area contributed by atoms with Gasteiger partial charge in [-0.3, -0.25) is 9.69 Å². The molecule has 1 aromatic rings. The summed E-state index contributed by atoms with van der Waals surface area (Å²) in [7, 11) is 0. The number of likely N-dealkylation sites (tertiary alicyclic amines) is 1. The van der Waals surface area contributed by atoms with Gasteiger partial charge in [0.1, 0.15) is 6.79 Å². The maximum atomic E-state index is 13.7. The monoisotopic (exact) mass is 602 g/mol. The van der Waals surface area contributed by atoms with Crippen LogP contribution in [-0.2, 0) is 14.3 Å². The number of urea groups is 1. The molecule has 2 saturated carbocycles. The number of rotatable bonds is 10. The van der Waals surface area contributed by atoms with Gasteiger partial charge in [-0.1, -0.05) is 44.2 Å². The van der Waals surface area contributed by atoms with Gasteiger partial charge in [0.2, 0.25) is 11.8 Å². The minimum Gasteiger partial charge on any atom is -0.355 e. The van der Waals surface area contributed by atoms with Gasteiger partial charge >= 0.3 is 6.03 Å². The lowest BCUT2D eigenvalue weighted by molar-refractivity contribution is -0.169. The highest BCUT2D eigenvalue weighted by molar-refractivity contribution is 5.79. The van der Waals surface area contributed by atoms with Gasteiger partial charge in [-0.25, -0.2) is 13.6 Å². The summed E-state index contributed by atoms with van der Waals surface area (Å²) in [4.78, 5) is 31.0. The van der Waals surface area contributed by atoms with E-state index in [0.717, 1.165) is 44.2 Å². The molecular weight excluding hydrogens is 554 g/mol. The zero-order valence-corrected chi connectivity index (χ0v) is 25.7. The Kier molecular flexibility index (Phi) is 8.74. The fraction of sp³-hybridized carbons (Fsp3) is 0.758. The van der Waals surface area contributed by atoms with Gasteiger partial charge < -0.3 is 25.0 Å². The van der Waals surface area contributed by atoms with Crippen LogP contribution in [0.2, 0.25) is 0 Å². The van der Waals surface area contributed by atoms with Crippen molar-refractivity contribution in [2.45, 2.75) is 101 Å². The number of amides is 3. The quantitative estimate of drug-likeness (QED) is 0.390. The van der Waals surface area contributed by atoms with Gasteiger partial charge in [0.25, 0.3) is 0 Å². The third-order valence-electron chi connectivity index (χ3n) is 11.2. The van der Waals surface area contributed by atoms with E-state index >= 15 is 0 Å². The molecule has 0 aromatic heterocycles. The summed E-state index contributed by atoms with van der Waals surface area (Å²) in [5, 5.41) is 6.64. The molecule has 43 heavy (non-hydrogen) atoms. The number of hydrogen-bond donors (Lipinski definition) is 2. The Balaban J connectivity index is 1.09.